The number of nitrogens with zero attached hydrogens (tertiary/aromatic N) is 1. The summed E-state index contributed by atoms with van der Waals surface area (Å²) in [5.74, 6) is 0.0448. The lowest BCUT2D eigenvalue weighted by atomic mass is 9.90. The first-order chi connectivity index (χ1) is 18.0. The maximum Gasteiger partial charge on any atom is 0.231 e. The van der Waals surface area contributed by atoms with Gasteiger partial charge < -0.3 is 33.6 Å². The molecule has 4 heterocycles. The highest BCUT2D eigenvalue weighted by Crippen LogP contribution is 2.40. The minimum atomic E-state index is -0.726. The number of aromatic amines is 1. The lowest BCUT2D eigenvalue weighted by molar-refractivity contribution is -0.132. The Hall–Kier alpha value is -4.24. The molecule has 1 amide bonds. The van der Waals surface area contributed by atoms with E-state index in [0.717, 1.165) is 17.6 Å². The topological polar surface area (TPSA) is 114 Å². The van der Waals surface area contributed by atoms with Crippen LogP contribution in [-0.2, 0) is 29.1 Å². The quantitative estimate of drug-likeness (QED) is 0.412. The van der Waals surface area contributed by atoms with Crippen LogP contribution in [0.5, 0.6) is 17.2 Å². The normalized spacial score (nSPS) is 15.1. The molecule has 0 bridgehead atoms. The molecule has 0 radical (unpaired) electrons. The number of para-hydroxylation sites is 1. The van der Waals surface area contributed by atoms with Crippen LogP contribution in [-0.4, -0.2) is 41.3 Å². The number of aromatic hydroxyl groups is 1. The Labute approximate surface area is 212 Å². The van der Waals surface area contributed by atoms with Gasteiger partial charge in [0.05, 0.1) is 12.5 Å². The molecule has 1 atom stereocenters. The number of hydrogen-bond acceptors (Lipinski definition) is 7. The van der Waals surface area contributed by atoms with Crippen LogP contribution in [0.1, 0.15) is 40.7 Å². The van der Waals surface area contributed by atoms with Gasteiger partial charge in [-0.2, -0.15) is 0 Å². The number of rotatable bonds is 6. The Balaban J connectivity index is 1.34. The Morgan fingerprint density at radius 1 is 1.16 bits per heavy atom. The van der Waals surface area contributed by atoms with Gasteiger partial charge in [-0.1, -0.05) is 24.3 Å². The zero-order valence-corrected chi connectivity index (χ0v) is 20.3. The van der Waals surface area contributed by atoms with E-state index in [9.17, 15) is 14.7 Å². The number of amides is 1. The van der Waals surface area contributed by atoms with Crippen molar-refractivity contribution < 1.29 is 28.5 Å². The standard InChI is InChI=1S/C28H26N2O7/c1-34-14-17-11-23(31)27(33)28(37-17)20(16-6-7-24-25(10-16)36-15-35-24)12-26(32)30-9-8-19-18-4-2-3-5-21(18)29-22(19)13-30/h2-7,10-11,20,29,33H,8-9,12-15H2,1H3. The second kappa shape index (κ2) is 9.33. The van der Waals surface area contributed by atoms with Crippen LogP contribution in [0, 0.1) is 0 Å². The van der Waals surface area contributed by atoms with E-state index in [2.05, 4.69) is 11.1 Å². The van der Waals surface area contributed by atoms with Gasteiger partial charge in [-0.3, -0.25) is 9.59 Å². The second-order valence-electron chi connectivity index (χ2n) is 9.29. The predicted molar refractivity (Wildman–Crippen MR) is 134 cm³/mol. The number of H-pyrrole nitrogens is 1. The summed E-state index contributed by atoms with van der Waals surface area (Å²) >= 11 is 0. The molecule has 9 heteroatoms. The number of carbonyl (C=O) groups is 1. The van der Waals surface area contributed by atoms with Crippen LogP contribution in [0.15, 0.2) is 57.7 Å². The number of hydrogen-bond donors (Lipinski definition) is 2. The largest absolute Gasteiger partial charge is 0.502 e. The third kappa shape index (κ3) is 4.21. The highest BCUT2D eigenvalue weighted by Gasteiger charge is 2.31. The molecular formula is C28H26N2O7. The molecule has 9 nitrogen and oxygen atoms in total. The second-order valence-corrected chi connectivity index (χ2v) is 9.29. The van der Waals surface area contributed by atoms with Crippen LogP contribution in [0.2, 0.25) is 0 Å². The molecule has 6 rings (SSSR count). The van der Waals surface area contributed by atoms with E-state index in [0.29, 0.717) is 30.2 Å². The summed E-state index contributed by atoms with van der Waals surface area (Å²) in [4.78, 5) is 31.5. The first-order valence-electron chi connectivity index (χ1n) is 12.1. The molecule has 2 N–H and O–H groups in total. The number of carbonyl (C=O) groups excluding carboxylic acids is 1. The molecule has 4 aromatic rings. The molecule has 2 aromatic heterocycles. The fourth-order valence-corrected chi connectivity index (χ4v) is 5.21. The van der Waals surface area contributed by atoms with Gasteiger partial charge in [-0.25, -0.2) is 0 Å². The summed E-state index contributed by atoms with van der Waals surface area (Å²) in [5, 5.41) is 11.9. The highest BCUT2D eigenvalue weighted by molar-refractivity contribution is 5.86. The maximum atomic E-state index is 13.7. The molecule has 2 aromatic carbocycles. The van der Waals surface area contributed by atoms with Crippen LogP contribution < -0.4 is 14.9 Å². The van der Waals surface area contributed by atoms with Gasteiger partial charge in [0.25, 0.3) is 0 Å². The van der Waals surface area contributed by atoms with Gasteiger partial charge in [0, 0.05) is 42.7 Å². The number of ether oxygens (including phenoxy) is 3. The van der Waals surface area contributed by atoms with E-state index < -0.39 is 17.1 Å². The van der Waals surface area contributed by atoms with Crippen molar-refractivity contribution in [3.05, 3.63) is 87.1 Å². The fraction of sp³-hybridized carbons (Fsp3) is 0.286. The van der Waals surface area contributed by atoms with Crippen LogP contribution in [0.4, 0.5) is 0 Å². The van der Waals surface area contributed by atoms with Crippen molar-refractivity contribution in [1.29, 1.82) is 0 Å². The zero-order chi connectivity index (χ0) is 25.5. The average molecular weight is 503 g/mol. The van der Waals surface area contributed by atoms with Crippen molar-refractivity contribution in [2.24, 2.45) is 0 Å². The van der Waals surface area contributed by atoms with Crippen molar-refractivity contribution in [1.82, 2.24) is 9.88 Å². The highest BCUT2D eigenvalue weighted by atomic mass is 16.7. The first kappa shape index (κ1) is 23.2. The minimum Gasteiger partial charge on any atom is -0.502 e. The number of aromatic nitrogens is 1. The minimum absolute atomic E-state index is 0.0118. The summed E-state index contributed by atoms with van der Waals surface area (Å²) < 4.78 is 22.0. The molecule has 0 fully saturated rings. The predicted octanol–water partition coefficient (Wildman–Crippen LogP) is 3.81. The van der Waals surface area contributed by atoms with E-state index in [1.54, 1.807) is 23.1 Å². The van der Waals surface area contributed by atoms with E-state index in [1.807, 2.05) is 18.2 Å². The molecule has 37 heavy (non-hydrogen) atoms. The SMILES string of the molecule is COCc1cc(=O)c(O)c(C(CC(=O)N2CCc3c([nH]c4ccccc34)C2)c2ccc3c(c2)OCO3)o1. The molecule has 2 aliphatic heterocycles. The molecule has 190 valence electrons. The van der Waals surface area contributed by atoms with Crippen molar-refractivity contribution in [3.8, 4) is 17.2 Å². The maximum absolute atomic E-state index is 13.7. The Morgan fingerprint density at radius 2 is 2.00 bits per heavy atom. The van der Waals surface area contributed by atoms with E-state index in [-0.39, 0.29) is 37.2 Å². The van der Waals surface area contributed by atoms with Crippen LogP contribution in [0.3, 0.4) is 0 Å². The number of fused-ring (bicyclic) bond motifs is 4. The summed E-state index contributed by atoms with van der Waals surface area (Å²) in [6.07, 6.45) is 0.728. The van der Waals surface area contributed by atoms with Crippen molar-refractivity contribution >= 4 is 16.8 Å². The summed E-state index contributed by atoms with van der Waals surface area (Å²) in [5.41, 5.74) is 3.39. The Bertz CT molecular complexity index is 1550. The summed E-state index contributed by atoms with van der Waals surface area (Å²) in [6.45, 7) is 1.18. The first-order valence-corrected chi connectivity index (χ1v) is 12.1. The van der Waals surface area contributed by atoms with Gasteiger partial charge in [0.15, 0.2) is 17.3 Å². The number of benzene rings is 2. The lowest BCUT2D eigenvalue weighted by Gasteiger charge is -2.29. The third-order valence-corrected chi connectivity index (χ3v) is 7.02. The van der Waals surface area contributed by atoms with Gasteiger partial charge in [0.2, 0.25) is 23.9 Å². The fourth-order valence-electron chi connectivity index (χ4n) is 5.21. The van der Waals surface area contributed by atoms with Crippen LogP contribution >= 0.6 is 0 Å². The molecule has 2 aliphatic rings. The van der Waals surface area contributed by atoms with Crippen molar-refractivity contribution in [3.63, 3.8) is 0 Å². The molecule has 0 saturated heterocycles. The average Bonchev–Trinajstić information content (AvgIpc) is 3.53. The van der Waals surface area contributed by atoms with Gasteiger partial charge in [-0.05, 0) is 35.7 Å². The monoisotopic (exact) mass is 502 g/mol. The van der Waals surface area contributed by atoms with Crippen molar-refractivity contribution in [2.75, 3.05) is 20.4 Å². The van der Waals surface area contributed by atoms with E-state index >= 15 is 0 Å². The van der Waals surface area contributed by atoms with Crippen LogP contribution in [0.25, 0.3) is 10.9 Å². The molecule has 1 unspecified atom stereocenters. The zero-order valence-electron chi connectivity index (χ0n) is 20.3. The van der Waals surface area contributed by atoms with Crippen molar-refractivity contribution in [2.45, 2.75) is 31.9 Å². The summed E-state index contributed by atoms with van der Waals surface area (Å²) in [7, 11) is 1.49. The van der Waals surface area contributed by atoms with Gasteiger partial charge in [-0.15, -0.1) is 0 Å². The third-order valence-electron chi connectivity index (χ3n) is 7.02. The van der Waals surface area contributed by atoms with E-state index in [1.165, 1.54) is 24.1 Å². The Kier molecular flexibility index (Phi) is 5.84. The molecule has 0 spiro atoms. The molecule has 0 aliphatic carbocycles. The molecular weight excluding hydrogens is 476 g/mol. The summed E-state index contributed by atoms with van der Waals surface area (Å²) in [6, 6.07) is 14.6. The smallest absolute Gasteiger partial charge is 0.231 e. The number of nitrogens with one attached hydrogen (secondary N) is 1. The number of methoxy groups -OCH3 is 1. The molecule has 0 saturated carbocycles. The van der Waals surface area contributed by atoms with Gasteiger partial charge in [0.1, 0.15) is 12.4 Å². The lowest BCUT2D eigenvalue weighted by Crippen LogP contribution is -2.36. The van der Waals surface area contributed by atoms with Gasteiger partial charge >= 0.3 is 0 Å². The Morgan fingerprint density at radius 3 is 2.86 bits per heavy atom. The van der Waals surface area contributed by atoms with E-state index in [4.69, 9.17) is 18.6 Å².